The molecule has 0 aliphatic heterocycles. The maximum absolute atomic E-state index is 13.8. The minimum Gasteiger partial charge on any atom is -0.491 e. The van der Waals surface area contributed by atoms with Gasteiger partial charge >= 0.3 is 11.9 Å². The number of pyridine rings is 1. The van der Waals surface area contributed by atoms with Crippen molar-refractivity contribution in [1.29, 1.82) is 0 Å². The molecule has 8 nitrogen and oxygen atoms in total. The van der Waals surface area contributed by atoms with Crippen molar-refractivity contribution in [1.82, 2.24) is 19.7 Å². The summed E-state index contributed by atoms with van der Waals surface area (Å²) in [5.41, 5.74) is 0.779. The second-order valence-corrected chi connectivity index (χ2v) is 7.94. The van der Waals surface area contributed by atoms with E-state index in [2.05, 4.69) is 15.1 Å². The molecule has 0 spiro atoms. The van der Waals surface area contributed by atoms with Crippen molar-refractivity contribution in [3.05, 3.63) is 70.1 Å². The zero-order chi connectivity index (χ0) is 24.9. The summed E-state index contributed by atoms with van der Waals surface area (Å²) in [6.45, 7) is 3.22. The SMILES string of the molecule is Cc1noc(C)c1-c1cc2ncc3[nH]c(=O)n(-c4ccccc4C(F)(F)F)c3c2cc1OCCO. The lowest BCUT2D eigenvalue weighted by atomic mass is 10.00. The summed E-state index contributed by atoms with van der Waals surface area (Å²) < 4.78 is 53.4. The Bertz CT molecular complexity index is 1610. The minimum absolute atomic E-state index is 0.0257. The van der Waals surface area contributed by atoms with Crippen LogP contribution < -0.4 is 10.4 Å². The molecule has 2 N–H and O–H groups in total. The predicted molar refractivity (Wildman–Crippen MR) is 122 cm³/mol. The van der Waals surface area contributed by atoms with Gasteiger partial charge in [0.1, 0.15) is 18.1 Å². The zero-order valence-electron chi connectivity index (χ0n) is 18.6. The fourth-order valence-corrected chi connectivity index (χ4v) is 4.29. The first-order chi connectivity index (χ1) is 16.7. The molecule has 0 unspecified atom stereocenters. The molecule has 0 bridgehead atoms. The molecule has 3 heterocycles. The van der Waals surface area contributed by atoms with E-state index >= 15 is 0 Å². The first-order valence-electron chi connectivity index (χ1n) is 10.6. The normalized spacial score (nSPS) is 12.1. The fourth-order valence-electron chi connectivity index (χ4n) is 4.29. The number of ether oxygens (including phenoxy) is 1. The molecule has 11 heteroatoms. The first kappa shape index (κ1) is 22.7. The lowest BCUT2D eigenvalue weighted by Crippen LogP contribution is -2.19. The molecule has 5 aromatic rings. The highest BCUT2D eigenvalue weighted by Gasteiger charge is 2.34. The number of hydrogen-bond donors (Lipinski definition) is 2. The highest BCUT2D eigenvalue weighted by atomic mass is 19.4. The molecule has 5 rings (SSSR count). The van der Waals surface area contributed by atoms with Crippen molar-refractivity contribution in [2.24, 2.45) is 0 Å². The average molecular weight is 484 g/mol. The van der Waals surface area contributed by atoms with Crippen LogP contribution in [0.5, 0.6) is 5.75 Å². The van der Waals surface area contributed by atoms with Crippen molar-refractivity contribution in [3.8, 4) is 22.6 Å². The maximum atomic E-state index is 13.8. The number of hydrogen-bond acceptors (Lipinski definition) is 6. The van der Waals surface area contributed by atoms with Crippen molar-refractivity contribution in [3.63, 3.8) is 0 Å². The molecule has 0 atom stereocenters. The number of aliphatic hydroxyl groups is 1. The topological polar surface area (TPSA) is 106 Å². The molecule has 0 aliphatic rings. The van der Waals surface area contributed by atoms with E-state index in [1.807, 2.05) is 0 Å². The van der Waals surface area contributed by atoms with Crippen LogP contribution in [0.4, 0.5) is 13.2 Å². The number of halogens is 3. The van der Waals surface area contributed by atoms with Gasteiger partial charge in [-0.2, -0.15) is 13.2 Å². The summed E-state index contributed by atoms with van der Waals surface area (Å²) in [6, 6.07) is 8.17. The van der Waals surface area contributed by atoms with Crippen LogP contribution in [-0.4, -0.2) is 38.0 Å². The number of aryl methyl sites for hydroxylation is 2. The Balaban J connectivity index is 1.87. The lowest BCUT2D eigenvalue weighted by Gasteiger charge is -2.15. The van der Waals surface area contributed by atoms with Crippen LogP contribution in [0.25, 0.3) is 38.8 Å². The number of imidazole rings is 1. The van der Waals surface area contributed by atoms with Gasteiger partial charge in [-0.05, 0) is 38.1 Å². The van der Waals surface area contributed by atoms with E-state index in [4.69, 9.17) is 9.26 Å². The average Bonchev–Trinajstić information content (AvgIpc) is 3.34. The number of aromatic amines is 1. The fraction of sp³-hybridized carbons (Fsp3) is 0.208. The maximum Gasteiger partial charge on any atom is 0.418 e. The van der Waals surface area contributed by atoms with Gasteiger partial charge in [0.25, 0.3) is 0 Å². The summed E-state index contributed by atoms with van der Waals surface area (Å²) in [5.74, 6) is 0.869. The molecule has 3 aromatic heterocycles. The minimum atomic E-state index is -4.67. The number of H-pyrrole nitrogens is 1. The Morgan fingerprint density at radius 1 is 1.20 bits per heavy atom. The Labute approximate surface area is 195 Å². The second kappa shape index (κ2) is 8.27. The van der Waals surface area contributed by atoms with Gasteiger partial charge in [0, 0.05) is 10.9 Å². The molecule has 0 aliphatic carbocycles. The van der Waals surface area contributed by atoms with Gasteiger partial charge in [0.05, 0.1) is 51.9 Å². The van der Waals surface area contributed by atoms with Crippen LogP contribution in [0.15, 0.2) is 51.9 Å². The molecule has 0 radical (unpaired) electrons. The summed E-state index contributed by atoms with van der Waals surface area (Å²) in [7, 11) is 0. The number of benzene rings is 2. The largest absolute Gasteiger partial charge is 0.491 e. The van der Waals surface area contributed by atoms with E-state index in [-0.39, 0.29) is 29.9 Å². The van der Waals surface area contributed by atoms with E-state index in [1.165, 1.54) is 24.4 Å². The summed E-state index contributed by atoms with van der Waals surface area (Å²) in [6.07, 6.45) is -3.27. The third-order valence-corrected chi connectivity index (χ3v) is 5.71. The molecular formula is C24H19F3N4O4. The third-order valence-electron chi connectivity index (χ3n) is 5.71. The van der Waals surface area contributed by atoms with Gasteiger partial charge in [0.2, 0.25) is 0 Å². The molecule has 0 saturated heterocycles. The van der Waals surface area contributed by atoms with Gasteiger partial charge < -0.3 is 19.4 Å². The molecule has 2 aromatic carbocycles. The summed E-state index contributed by atoms with van der Waals surface area (Å²) in [5, 5.41) is 13.7. The van der Waals surface area contributed by atoms with Crippen LogP contribution in [0, 0.1) is 13.8 Å². The van der Waals surface area contributed by atoms with Crippen LogP contribution in [0.3, 0.4) is 0 Å². The van der Waals surface area contributed by atoms with Crippen molar-refractivity contribution in [2.45, 2.75) is 20.0 Å². The van der Waals surface area contributed by atoms with Gasteiger partial charge in [0.15, 0.2) is 0 Å². The molecule has 35 heavy (non-hydrogen) atoms. The smallest absolute Gasteiger partial charge is 0.418 e. The highest BCUT2D eigenvalue weighted by molar-refractivity contribution is 6.05. The van der Waals surface area contributed by atoms with E-state index in [1.54, 1.807) is 26.0 Å². The van der Waals surface area contributed by atoms with Crippen molar-refractivity contribution < 1.29 is 27.5 Å². The van der Waals surface area contributed by atoms with Gasteiger partial charge in [-0.1, -0.05) is 17.3 Å². The molecule has 0 fully saturated rings. The standard InChI is InChI=1S/C24H19F3N4O4/c1-12-21(13(2)35-30-12)15-9-17-14(10-20(15)34-8-7-32)22-18(11-28-17)29-23(33)31(22)19-6-4-3-5-16(19)24(25,26)27/h3-6,9-11,32H,7-8H2,1-2H3,(H,29,33). The van der Waals surface area contributed by atoms with Crippen LogP contribution in [-0.2, 0) is 6.18 Å². The van der Waals surface area contributed by atoms with E-state index in [9.17, 15) is 23.1 Å². The van der Waals surface area contributed by atoms with Crippen LogP contribution in [0.2, 0.25) is 0 Å². The Morgan fingerprint density at radius 2 is 1.97 bits per heavy atom. The number of aliphatic hydroxyl groups excluding tert-OH is 1. The van der Waals surface area contributed by atoms with Crippen molar-refractivity contribution >= 4 is 21.9 Å². The second-order valence-electron chi connectivity index (χ2n) is 7.94. The number of nitrogens with zero attached hydrogens (tertiary/aromatic N) is 3. The monoisotopic (exact) mass is 484 g/mol. The number of para-hydroxylation sites is 1. The number of nitrogens with one attached hydrogen (secondary N) is 1. The molecule has 0 amide bonds. The highest BCUT2D eigenvalue weighted by Crippen LogP contribution is 2.40. The molecule has 180 valence electrons. The summed E-state index contributed by atoms with van der Waals surface area (Å²) >= 11 is 0. The van der Waals surface area contributed by atoms with Crippen LogP contribution in [0.1, 0.15) is 17.0 Å². The van der Waals surface area contributed by atoms with E-state index < -0.39 is 17.4 Å². The van der Waals surface area contributed by atoms with Gasteiger partial charge in [-0.15, -0.1) is 0 Å². The Kier molecular flexibility index (Phi) is 5.36. The number of aromatic nitrogens is 4. The van der Waals surface area contributed by atoms with E-state index in [0.717, 1.165) is 10.6 Å². The van der Waals surface area contributed by atoms with E-state index in [0.29, 0.717) is 39.2 Å². The van der Waals surface area contributed by atoms with Gasteiger partial charge in [-0.3, -0.25) is 9.55 Å². The third kappa shape index (κ3) is 3.73. The number of fused-ring (bicyclic) bond motifs is 3. The van der Waals surface area contributed by atoms with Crippen molar-refractivity contribution in [2.75, 3.05) is 13.2 Å². The molecular weight excluding hydrogens is 465 g/mol. The summed E-state index contributed by atoms with van der Waals surface area (Å²) in [4.78, 5) is 19.9. The Morgan fingerprint density at radius 3 is 2.66 bits per heavy atom. The number of rotatable bonds is 5. The lowest BCUT2D eigenvalue weighted by molar-refractivity contribution is -0.137. The van der Waals surface area contributed by atoms with Crippen LogP contribution >= 0.6 is 0 Å². The molecule has 0 saturated carbocycles. The predicted octanol–water partition coefficient (Wildman–Crippen LogP) is 4.53. The van der Waals surface area contributed by atoms with Gasteiger partial charge in [-0.25, -0.2) is 4.79 Å². The quantitative estimate of drug-likeness (QED) is 0.380. The zero-order valence-corrected chi connectivity index (χ0v) is 18.6. The Hall–Kier alpha value is -4.12. The number of alkyl halides is 3. The first-order valence-corrected chi connectivity index (χ1v) is 10.6.